The number of aromatic nitrogens is 1. The van der Waals surface area contributed by atoms with Crippen LogP contribution in [0.25, 0.3) is 0 Å². The highest BCUT2D eigenvalue weighted by atomic mass is 32.1. The van der Waals surface area contributed by atoms with Crippen LogP contribution in [0.4, 0.5) is 5.13 Å². The molecule has 0 aliphatic heterocycles. The quantitative estimate of drug-likeness (QED) is 0.842. The van der Waals surface area contributed by atoms with E-state index in [0.717, 1.165) is 29.7 Å². The third-order valence-electron chi connectivity index (χ3n) is 4.20. The number of esters is 1. The smallest absolute Gasteiger partial charge is 0.350 e. The molecular weight excluding hydrogens is 328 g/mol. The SMILES string of the molecule is COC(=O)c1sc(NC(=O)C2(c3ccccc3OC)CC2)nc1C. The number of anilines is 1. The van der Waals surface area contributed by atoms with Gasteiger partial charge in [-0.1, -0.05) is 29.5 Å². The van der Waals surface area contributed by atoms with Gasteiger partial charge in [0.05, 0.1) is 25.3 Å². The van der Waals surface area contributed by atoms with Crippen LogP contribution in [0.2, 0.25) is 0 Å². The van der Waals surface area contributed by atoms with Crippen molar-refractivity contribution in [2.24, 2.45) is 0 Å². The van der Waals surface area contributed by atoms with Crippen LogP contribution in [0, 0.1) is 6.92 Å². The zero-order chi connectivity index (χ0) is 17.3. The van der Waals surface area contributed by atoms with Crippen molar-refractivity contribution in [3.63, 3.8) is 0 Å². The van der Waals surface area contributed by atoms with E-state index < -0.39 is 11.4 Å². The van der Waals surface area contributed by atoms with E-state index in [4.69, 9.17) is 9.47 Å². The zero-order valence-electron chi connectivity index (χ0n) is 13.7. The predicted octanol–water partition coefficient (Wildman–Crippen LogP) is 2.92. The lowest BCUT2D eigenvalue weighted by atomic mass is 9.94. The molecule has 1 saturated carbocycles. The maximum Gasteiger partial charge on any atom is 0.350 e. The van der Waals surface area contributed by atoms with Gasteiger partial charge in [0.2, 0.25) is 5.91 Å². The highest BCUT2D eigenvalue weighted by Crippen LogP contribution is 2.52. The van der Waals surface area contributed by atoms with Crippen molar-refractivity contribution in [2.45, 2.75) is 25.2 Å². The van der Waals surface area contributed by atoms with E-state index in [9.17, 15) is 9.59 Å². The number of benzene rings is 1. The first-order valence-electron chi connectivity index (χ1n) is 7.52. The van der Waals surface area contributed by atoms with Crippen molar-refractivity contribution in [1.29, 1.82) is 0 Å². The van der Waals surface area contributed by atoms with Crippen molar-refractivity contribution in [3.05, 3.63) is 40.4 Å². The number of hydrogen-bond acceptors (Lipinski definition) is 6. The summed E-state index contributed by atoms with van der Waals surface area (Å²) in [7, 11) is 2.92. The van der Waals surface area contributed by atoms with Crippen LogP contribution in [-0.4, -0.2) is 31.1 Å². The molecule has 1 aliphatic carbocycles. The zero-order valence-corrected chi connectivity index (χ0v) is 14.5. The summed E-state index contributed by atoms with van der Waals surface area (Å²) in [5, 5.41) is 3.24. The average molecular weight is 346 g/mol. The second kappa shape index (κ2) is 6.24. The van der Waals surface area contributed by atoms with Crippen LogP contribution in [-0.2, 0) is 14.9 Å². The Labute approximate surface area is 143 Å². The van der Waals surface area contributed by atoms with Gasteiger partial charge in [0.1, 0.15) is 10.6 Å². The van der Waals surface area contributed by atoms with Crippen LogP contribution < -0.4 is 10.1 Å². The number of para-hydroxylation sites is 1. The normalized spacial score (nSPS) is 14.8. The second-order valence-corrected chi connectivity index (χ2v) is 6.66. The Balaban J connectivity index is 1.84. The number of aryl methyl sites for hydroxylation is 1. The van der Waals surface area contributed by atoms with E-state index in [-0.39, 0.29) is 5.91 Å². The molecule has 3 rings (SSSR count). The monoisotopic (exact) mass is 346 g/mol. The summed E-state index contributed by atoms with van der Waals surface area (Å²) in [5.41, 5.74) is 0.841. The Bertz CT molecular complexity index is 796. The standard InChI is InChI=1S/C17H18N2O4S/c1-10-13(14(20)23-3)24-16(18-10)19-15(21)17(8-9-17)11-6-4-5-7-12(11)22-2/h4-7H,8-9H2,1-3H3,(H,18,19,21). The Kier molecular flexibility index (Phi) is 4.28. The van der Waals surface area contributed by atoms with Gasteiger partial charge in [0.15, 0.2) is 5.13 Å². The van der Waals surface area contributed by atoms with Gasteiger partial charge in [-0.2, -0.15) is 0 Å². The molecule has 0 spiro atoms. The molecule has 7 heteroatoms. The van der Waals surface area contributed by atoms with Crippen LogP contribution in [0.5, 0.6) is 5.75 Å². The summed E-state index contributed by atoms with van der Waals surface area (Å²) < 4.78 is 10.1. The lowest BCUT2D eigenvalue weighted by Crippen LogP contribution is -2.28. The fourth-order valence-corrected chi connectivity index (χ4v) is 3.61. The number of rotatable bonds is 5. The number of hydrogen-bond donors (Lipinski definition) is 1. The molecule has 1 N–H and O–H groups in total. The molecule has 1 heterocycles. The van der Waals surface area contributed by atoms with Gasteiger partial charge in [-0.3, -0.25) is 4.79 Å². The molecule has 0 atom stereocenters. The Morgan fingerprint density at radius 2 is 1.96 bits per heavy atom. The summed E-state index contributed by atoms with van der Waals surface area (Å²) in [6, 6.07) is 7.54. The van der Waals surface area contributed by atoms with Crippen molar-refractivity contribution in [1.82, 2.24) is 4.98 Å². The second-order valence-electron chi connectivity index (χ2n) is 5.66. The summed E-state index contributed by atoms with van der Waals surface area (Å²) >= 11 is 1.12. The fourth-order valence-electron chi connectivity index (χ4n) is 2.73. The molecule has 0 bridgehead atoms. The molecule has 1 aromatic carbocycles. The summed E-state index contributed by atoms with van der Waals surface area (Å²) in [4.78, 5) is 29.1. The number of carbonyl (C=O) groups excluding carboxylic acids is 2. The lowest BCUT2D eigenvalue weighted by Gasteiger charge is -2.17. The predicted molar refractivity (Wildman–Crippen MR) is 90.7 cm³/mol. The lowest BCUT2D eigenvalue weighted by molar-refractivity contribution is -0.118. The minimum atomic E-state index is -0.586. The number of methoxy groups -OCH3 is 2. The number of amides is 1. The summed E-state index contributed by atoms with van der Waals surface area (Å²) in [6.45, 7) is 1.71. The number of carbonyl (C=O) groups is 2. The van der Waals surface area contributed by atoms with Crippen molar-refractivity contribution < 1.29 is 19.1 Å². The van der Waals surface area contributed by atoms with Gasteiger partial charge >= 0.3 is 5.97 Å². The molecule has 1 aromatic heterocycles. The fraction of sp³-hybridized carbons (Fsp3) is 0.353. The van der Waals surface area contributed by atoms with E-state index in [1.165, 1.54) is 7.11 Å². The highest BCUT2D eigenvalue weighted by molar-refractivity contribution is 7.17. The first kappa shape index (κ1) is 16.4. The average Bonchev–Trinajstić information content (AvgIpc) is 3.33. The maximum atomic E-state index is 12.8. The molecular formula is C17H18N2O4S. The van der Waals surface area contributed by atoms with Crippen molar-refractivity contribution >= 4 is 28.3 Å². The maximum absolute atomic E-state index is 12.8. The van der Waals surface area contributed by atoms with E-state index in [1.54, 1.807) is 14.0 Å². The molecule has 0 unspecified atom stereocenters. The molecule has 1 aliphatic rings. The number of nitrogens with one attached hydrogen (secondary N) is 1. The Morgan fingerprint density at radius 1 is 1.25 bits per heavy atom. The topological polar surface area (TPSA) is 77.5 Å². The molecule has 0 saturated heterocycles. The Hall–Kier alpha value is -2.41. The summed E-state index contributed by atoms with van der Waals surface area (Å²) in [6.07, 6.45) is 1.51. The van der Waals surface area contributed by atoms with Crippen LogP contribution in [0.3, 0.4) is 0 Å². The third-order valence-corrected chi connectivity index (χ3v) is 5.25. The van der Waals surface area contributed by atoms with E-state index >= 15 is 0 Å². The number of ether oxygens (including phenoxy) is 2. The minimum Gasteiger partial charge on any atom is -0.496 e. The highest BCUT2D eigenvalue weighted by Gasteiger charge is 2.53. The van der Waals surface area contributed by atoms with Crippen LogP contribution in [0.15, 0.2) is 24.3 Å². The van der Waals surface area contributed by atoms with Crippen molar-refractivity contribution in [3.8, 4) is 5.75 Å². The van der Waals surface area contributed by atoms with Gasteiger partial charge in [-0.15, -0.1) is 0 Å². The molecule has 1 amide bonds. The Morgan fingerprint density at radius 3 is 2.58 bits per heavy atom. The number of thiazole rings is 1. The summed E-state index contributed by atoms with van der Waals surface area (Å²) in [5.74, 6) is 0.129. The molecule has 6 nitrogen and oxygen atoms in total. The van der Waals surface area contributed by atoms with E-state index in [2.05, 4.69) is 10.3 Å². The van der Waals surface area contributed by atoms with Crippen molar-refractivity contribution in [2.75, 3.05) is 19.5 Å². The molecule has 24 heavy (non-hydrogen) atoms. The molecule has 1 fully saturated rings. The van der Waals surface area contributed by atoms with Crippen LogP contribution in [0.1, 0.15) is 33.8 Å². The third kappa shape index (κ3) is 2.75. The van der Waals surface area contributed by atoms with Crippen LogP contribution >= 0.6 is 11.3 Å². The van der Waals surface area contributed by atoms with Gasteiger partial charge in [-0.25, -0.2) is 9.78 Å². The first-order valence-corrected chi connectivity index (χ1v) is 8.34. The van der Waals surface area contributed by atoms with E-state index in [1.807, 2.05) is 24.3 Å². The first-order chi connectivity index (χ1) is 11.5. The van der Waals surface area contributed by atoms with Gasteiger partial charge in [0, 0.05) is 5.56 Å². The van der Waals surface area contributed by atoms with E-state index in [0.29, 0.717) is 21.5 Å². The number of nitrogens with zero attached hydrogens (tertiary/aromatic N) is 1. The largest absolute Gasteiger partial charge is 0.496 e. The molecule has 2 aromatic rings. The minimum absolute atomic E-state index is 0.128. The molecule has 126 valence electrons. The van der Waals surface area contributed by atoms with Gasteiger partial charge in [0.25, 0.3) is 0 Å². The van der Waals surface area contributed by atoms with Gasteiger partial charge in [-0.05, 0) is 25.8 Å². The van der Waals surface area contributed by atoms with Gasteiger partial charge < -0.3 is 14.8 Å². The molecule has 0 radical (unpaired) electrons.